The summed E-state index contributed by atoms with van der Waals surface area (Å²) >= 11 is 3.71. The second-order valence-electron chi connectivity index (χ2n) is 6.31. The number of ether oxygens (including phenoxy) is 1. The average Bonchev–Trinajstić information content (AvgIpc) is 2.30. The van der Waals surface area contributed by atoms with Crippen LogP contribution in [-0.4, -0.2) is 10.9 Å². The van der Waals surface area contributed by atoms with E-state index in [1.54, 1.807) is 0 Å². The molecule has 1 fully saturated rings. The van der Waals surface area contributed by atoms with E-state index in [1.165, 1.54) is 11.1 Å². The Balaban J connectivity index is 2.17. The number of alkyl halides is 1. The van der Waals surface area contributed by atoms with Gasteiger partial charge in [-0.05, 0) is 36.5 Å². The molecule has 18 heavy (non-hydrogen) atoms. The van der Waals surface area contributed by atoms with E-state index >= 15 is 0 Å². The van der Waals surface area contributed by atoms with Gasteiger partial charge in [0.05, 0.1) is 0 Å². The van der Waals surface area contributed by atoms with Gasteiger partial charge in [-0.2, -0.15) is 0 Å². The molecular weight excluding hydrogens is 288 g/mol. The van der Waals surface area contributed by atoms with Gasteiger partial charge < -0.3 is 4.74 Å². The normalized spacial score (nSPS) is 25.9. The van der Waals surface area contributed by atoms with Gasteiger partial charge in [0, 0.05) is 10.2 Å². The quantitative estimate of drug-likeness (QED) is 0.709. The van der Waals surface area contributed by atoms with Gasteiger partial charge in [-0.15, -0.1) is 0 Å². The summed E-state index contributed by atoms with van der Waals surface area (Å²) in [6.45, 7) is 11.1. The van der Waals surface area contributed by atoms with Gasteiger partial charge in [0.15, 0.2) is 0 Å². The molecule has 1 saturated carbocycles. The first kappa shape index (κ1) is 13.9. The Morgan fingerprint density at radius 2 is 2.00 bits per heavy atom. The summed E-state index contributed by atoms with van der Waals surface area (Å²) < 4.78 is 6.23. The van der Waals surface area contributed by atoms with Crippen molar-refractivity contribution in [3.8, 4) is 5.75 Å². The molecule has 2 heteroatoms. The van der Waals surface area contributed by atoms with E-state index in [0.29, 0.717) is 16.8 Å². The van der Waals surface area contributed by atoms with Crippen molar-refractivity contribution in [2.45, 2.75) is 57.9 Å². The van der Waals surface area contributed by atoms with E-state index in [-0.39, 0.29) is 5.41 Å². The van der Waals surface area contributed by atoms with Gasteiger partial charge in [0.1, 0.15) is 11.9 Å². The maximum absolute atomic E-state index is 6.23. The number of hydrogen-bond acceptors (Lipinski definition) is 1. The third-order valence-electron chi connectivity index (χ3n) is 4.21. The van der Waals surface area contributed by atoms with Crippen LogP contribution in [0.1, 0.15) is 51.2 Å². The van der Waals surface area contributed by atoms with Crippen LogP contribution in [0.15, 0.2) is 18.2 Å². The van der Waals surface area contributed by atoms with Gasteiger partial charge >= 0.3 is 0 Å². The fourth-order valence-electron chi connectivity index (χ4n) is 2.29. The molecule has 0 heterocycles. The molecule has 0 saturated heterocycles. The minimum absolute atomic E-state index is 0.222. The Labute approximate surface area is 119 Å². The van der Waals surface area contributed by atoms with Crippen molar-refractivity contribution in [3.05, 3.63) is 29.3 Å². The number of rotatable bonds is 3. The van der Waals surface area contributed by atoms with E-state index in [0.717, 1.165) is 12.2 Å². The minimum Gasteiger partial charge on any atom is -0.490 e. The molecule has 0 N–H and O–H groups in total. The molecule has 1 aromatic carbocycles. The highest BCUT2D eigenvalue weighted by atomic mass is 79.9. The predicted octanol–water partition coefficient (Wildman–Crippen LogP) is 5.06. The molecule has 0 bridgehead atoms. The standard InChI is InChI=1S/C16H23BrO/c1-10(2)12-7-6-11(3)13(8-12)18-15-9-14(17)16(15,4)5/h6-8,10,14-15H,9H2,1-5H3. The number of benzene rings is 1. The van der Waals surface area contributed by atoms with Crippen molar-refractivity contribution in [2.24, 2.45) is 5.41 Å². The van der Waals surface area contributed by atoms with Crippen LogP contribution in [0.2, 0.25) is 0 Å². The van der Waals surface area contributed by atoms with Crippen LogP contribution in [-0.2, 0) is 0 Å². The fraction of sp³-hybridized carbons (Fsp3) is 0.625. The van der Waals surface area contributed by atoms with Crippen LogP contribution in [0.25, 0.3) is 0 Å². The number of aryl methyl sites for hydroxylation is 1. The van der Waals surface area contributed by atoms with Crippen LogP contribution in [0, 0.1) is 12.3 Å². The SMILES string of the molecule is Cc1ccc(C(C)C)cc1OC1CC(Br)C1(C)C. The Morgan fingerprint density at radius 1 is 1.33 bits per heavy atom. The molecular formula is C16H23BrO. The highest BCUT2D eigenvalue weighted by Crippen LogP contribution is 2.47. The summed E-state index contributed by atoms with van der Waals surface area (Å²) in [7, 11) is 0. The second kappa shape index (κ2) is 4.88. The summed E-state index contributed by atoms with van der Waals surface area (Å²) in [4.78, 5) is 0.573. The molecule has 0 radical (unpaired) electrons. The van der Waals surface area contributed by atoms with E-state index < -0.39 is 0 Å². The van der Waals surface area contributed by atoms with E-state index in [9.17, 15) is 0 Å². The molecule has 0 aliphatic heterocycles. The lowest BCUT2D eigenvalue weighted by molar-refractivity contribution is -0.00827. The zero-order chi connectivity index (χ0) is 13.5. The Morgan fingerprint density at radius 3 is 2.50 bits per heavy atom. The van der Waals surface area contributed by atoms with E-state index in [1.807, 2.05) is 0 Å². The largest absolute Gasteiger partial charge is 0.490 e. The van der Waals surface area contributed by atoms with Crippen LogP contribution in [0.3, 0.4) is 0 Å². The molecule has 2 rings (SSSR count). The Bertz CT molecular complexity index is 437. The molecule has 2 atom stereocenters. The fourth-order valence-corrected chi connectivity index (χ4v) is 2.93. The van der Waals surface area contributed by atoms with Gasteiger partial charge in [-0.25, -0.2) is 0 Å². The summed E-state index contributed by atoms with van der Waals surface area (Å²) in [6.07, 6.45) is 1.42. The Kier molecular flexibility index (Phi) is 3.77. The van der Waals surface area contributed by atoms with Gasteiger partial charge in [-0.3, -0.25) is 0 Å². The minimum atomic E-state index is 0.222. The summed E-state index contributed by atoms with van der Waals surface area (Å²) in [6, 6.07) is 6.58. The third kappa shape index (κ3) is 2.45. The highest BCUT2D eigenvalue weighted by Gasteiger charge is 2.48. The molecule has 1 aliphatic carbocycles. The first-order valence-electron chi connectivity index (χ1n) is 6.73. The number of halogens is 1. The van der Waals surface area contributed by atoms with Crippen molar-refractivity contribution < 1.29 is 4.74 Å². The Hall–Kier alpha value is -0.500. The summed E-state index contributed by atoms with van der Waals surface area (Å²) in [5.41, 5.74) is 2.80. The van der Waals surface area contributed by atoms with Crippen molar-refractivity contribution >= 4 is 15.9 Å². The molecule has 0 aromatic heterocycles. The molecule has 2 unspecified atom stereocenters. The van der Waals surface area contributed by atoms with Gasteiger partial charge in [0.25, 0.3) is 0 Å². The van der Waals surface area contributed by atoms with E-state index in [2.05, 4.69) is 68.7 Å². The first-order chi connectivity index (χ1) is 8.32. The smallest absolute Gasteiger partial charge is 0.122 e. The van der Waals surface area contributed by atoms with Gasteiger partial charge in [-0.1, -0.05) is 55.8 Å². The number of hydrogen-bond donors (Lipinski definition) is 0. The topological polar surface area (TPSA) is 9.23 Å². The zero-order valence-corrected chi connectivity index (χ0v) is 13.5. The van der Waals surface area contributed by atoms with Crippen LogP contribution >= 0.6 is 15.9 Å². The highest BCUT2D eigenvalue weighted by molar-refractivity contribution is 9.09. The predicted molar refractivity (Wildman–Crippen MR) is 80.8 cm³/mol. The second-order valence-corrected chi connectivity index (χ2v) is 7.42. The maximum Gasteiger partial charge on any atom is 0.122 e. The van der Waals surface area contributed by atoms with Crippen LogP contribution in [0.5, 0.6) is 5.75 Å². The van der Waals surface area contributed by atoms with Crippen molar-refractivity contribution in [2.75, 3.05) is 0 Å². The molecule has 1 nitrogen and oxygen atoms in total. The first-order valence-corrected chi connectivity index (χ1v) is 7.65. The summed E-state index contributed by atoms with van der Waals surface area (Å²) in [5.74, 6) is 1.60. The summed E-state index contributed by atoms with van der Waals surface area (Å²) in [5, 5.41) is 0. The monoisotopic (exact) mass is 310 g/mol. The molecule has 1 aliphatic rings. The van der Waals surface area contributed by atoms with Crippen LogP contribution in [0.4, 0.5) is 0 Å². The molecule has 100 valence electrons. The lowest BCUT2D eigenvalue weighted by atomic mass is 9.69. The van der Waals surface area contributed by atoms with Crippen molar-refractivity contribution in [1.82, 2.24) is 0 Å². The molecule has 0 amide bonds. The lowest BCUT2D eigenvalue weighted by Gasteiger charge is -2.48. The lowest BCUT2D eigenvalue weighted by Crippen LogP contribution is -2.53. The molecule has 1 aromatic rings. The van der Waals surface area contributed by atoms with Crippen molar-refractivity contribution in [3.63, 3.8) is 0 Å². The van der Waals surface area contributed by atoms with Crippen molar-refractivity contribution in [1.29, 1.82) is 0 Å². The van der Waals surface area contributed by atoms with Crippen LogP contribution < -0.4 is 4.74 Å². The average molecular weight is 311 g/mol. The zero-order valence-electron chi connectivity index (χ0n) is 12.0. The maximum atomic E-state index is 6.23. The molecule has 0 spiro atoms. The third-order valence-corrected chi connectivity index (χ3v) is 5.76. The van der Waals surface area contributed by atoms with Gasteiger partial charge in [0.2, 0.25) is 0 Å². The van der Waals surface area contributed by atoms with E-state index in [4.69, 9.17) is 4.74 Å².